The number of fused-ring (bicyclic) bond motifs is 2. The molecule has 0 aliphatic carbocycles. The first-order valence-corrected chi connectivity index (χ1v) is 16.6. The molecule has 4 heterocycles. The molecule has 1 spiro atoms. The van der Waals surface area contributed by atoms with Crippen molar-refractivity contribution >= 4 is 29.4 Å². The molecule has 0 saturated carbocycles. The number of hydrogen-bond acceptors (Lipinski definition) is 7. The molecule has 6 rings (SSSR count). The lowest BCUT2D eigenvalue weighted by molar-refractivity contribution is -0.146. The first-order valence-electron chi connectivity index (χ1n) is 16.6. The van der Waals surface area contributed by atoms with E-state index in [4.69, 9.17) is 9.47 Å². The predicted octanol–water partition coefficient (Wildman–Crippen LogP) is 3.70. The lowest BCUT2D eigenvalue weighted by Gasteiger charge is -2.36. The van der Waals surface area contributed by atoms with Crippen LogP contribution in [-0.2, 0) is 28.7 Å². The van der Waals surface area contributed by atoms with Gasteiger partial charge in [-0.1, -0.05) is 72.8 Å². The molecule has 2 N–H and O–H groups in total. The van der Waals surface area contributed by atoms with Gasteiger partial charge in [0.1, 0.15) is 18.2 Å². The third kappa shape index (κ3) is 6.12. The van der Waals surface area contributed by atoms with Gasteiger partial charge in [0.15, 0.2) is 0 Å². The Bertz CT molecular complexity index is 1550. The zero-order chi connectivity index (χ0) is 33.1. The SMILES string of the molecule is Cc1cccc(C)c1N1CC=C[C@@]23O[C@H]4/C=C\CCC(=O)OC[C@H](c5ccccc5)NC(=O)[C@H]4[C@@H]2C(=O)N(CCCCCO)[C@H]3C1=O. The molecule has 6 atom stereocenters. The quantitative estimate of drug-likeness (QED) is 0.268. The highest BCUT2D eigenvalue weighted by molar-refractivity contribution is 6.06. The van der Waals surface area contributed by atoms with Gasteiger partial charge in [0, 0.05) is 31.8 Å². The molecule has 2 saturated heterocycles. The lowest BCUT2D eigenvalue weighted by atomic mass is 9.77. The summed E-state index contributed by atoms with van der Waals surface area (Å²) in [5.41, 5.74) is 2.06. The number of carbonyl (C=O) groups is 4. The third-order valence-electron chi connectivity index (χ3n) is 9.83. The van der Waals surface area contributed by atoms with Gasteiger partial charge in [-0.15, -0.1) is 0 Å². The molecule has 0 bridgehead atoms. The molecule has 0 aromatic heterocycles. The van der Waals surface area contributed by atoms with E-state index < -0.39 is 41.5 Å². The predicted molar refractivity (Wildman–Crippen MR) is 175 cm³/mol. The van der Waals surface area contributed by atoms with E-state index in [0.29, 0.717) is 32.2 Å². The van der Waals surface area contributed by atoms with Crippen LogP contribution in [0.3, 0.4) is 0 Å². The van der Waals surface area contributed by atoms with Crippen molar-refractivity contribution in [2.45, 2.75) is 69.7 Å². The molecule has 3 amide bonds. The Kier molecular flexibility index (Phi) is 9.61. The molecule has 2 aromatic carbocycles. The number of ether oxygens (including phenoxy) is 2. The average Bonchev–Trinajstić information content (AvgIpc) is 3.44. The Morgan fingerprint density at radius 1 is 0.936 bits per heavy atom. The summed E-state index contributed by atoms with van der Waals surface area (Å²) in [7, 11) is 0. The number of esters is 1. The van der Waals surface area contributed by atoms with Crippen molar-refractivity contribution in [1.29, 1.82) is 0 Å². The van der Waals surface area contributed by atoms with Crippen LogP contribution in [0.25, 0.3) is 0 Å². The number of amides is 3. The minimum Gasteiger partial charge on any atom is -0.463 e. The standard InChI is InChI=1S/C37H43N3O7/c1-24-13-11-14-25(2)32(24)39-21-12-19-37-31(35(44)40(33(37)36(39)45)20-9-4-10-22-41)30-28(47-37)17-7-8-18-29(42)46-23-27(38-34(30)43)26-15-5-3-6-16-26/h3,5-7,11-17,19,27-28,30-31,33,41H,4,8-10,18,20-23H2,1-2H3,(H,38,43)/b17-7-/t27-,28+,30-,31-,33+,37-/m1/s1. The number of cyclic esters (lactones) is 1. The van der Waals surface area contributed by atoms with Gasteiger partial charge >= 0.3 is 5.97 Å². The lowest BCUT2D eigenvalue weighted by Crippen LogP contribution is -2.55. The number of rotatable bonds is 7. The highest BCUT2D eigenvalue weighted by atomic mass is 16.5. The maximum atomic E-state index is 14.8. The van der Waals surface area contributed by atoms with Gasteiger partial charge in [-0.3, -0.25) is 19.2 Å². The molecule has 0 unspecified atom stereocenters. The van der Waals surface area contributed by atoms with Crippen molar-refractivity contribution in [2.24, 2.45) is 11.8 Å². The normalized spacial score (nSPS) is 30.0. The van der Waals surface area contributed by atoms with Crippen LogP contribution in [-0.4, -0.2) is 77.7 Å². The Morgan fingerprint density at radius 3 is 2.45 bits per heavy atom. The summed E-state index contributed by atoms with van der Waals surface area (Å²) in [6.07, 6.45) is 8.86. The molecule has 10 nitrogen and oxygen atoms in total. The molecular formula is C37H43N3O7. The second kappa shape index (κ2) is 13.8. The fourth-order valence-electron chi connectivity index (χ4n) is 7.68. The summed E-state index contributed by atoms with van der Waals surface area (Å²) in [6.45, 7) is 4.51. The van der Waals surface area contributed by atoms with Gasteiger partial charge < -0.3 is 29.7 Å². The first kappa shape index (κ1) is 32.7. The number of carbonyl (C=O) groups excluding carboxylic acids is 4. The number of hydrogen-bond donors (Lipinski definition) is 2. The van der Waals surface area contributed by atoms with Crippen LogP contribution in [0.5, 0.6) is 0 Å². The molecule has 248 valence electrons. The second-order valence-corrected chi connectivity index (χ2v) is 12.9. The number of allylic oxidation sites excluding steroid dienone is 1. The summed E-state index contributed by atoms with van der Waals surface area (Å²) >= 11 is 0. The molecule has 4 aliphatic rings. The van der Waals surface area contributed by atoms with Crippen molar-refractivity contribution in [3.63, 3.8) is 0 Å². The largest absolute Gasteiger partial charge is 0.463 e. The number of aliphatic hydroxyl groups is 1. The number of anilines is 1. The summed E-state index contributed by atoms with van der Waals surface area (Å²) in [4.78, 5) is 59.7. The number of para-hydroxylation sites is 1. The van der Waals surface area contributed by atoms with E-state index in [1.807, 2.05) is 74.5 Å². The monoisotopic (exact) mass is 641 g/mol. The van der Waals surface area contributed by atoms with Crippen molar-refractivity contribution < 1.29 is 33.8 Å². The summed E-state index contributed by atoms with van der Waals surface area (Å²) in [5.74, 6) is -3.23. The van der Waals surface area contributed by atoms with Crippen LogP contribution in [0.1, 0.15) is 54.8 Å². The summed E-state index contributed by atoms with van der Waals surface area (Å²) in [6, 6.07) is 13.5. The second-order valence-electron chi connectivity index (χ2n) is 12.9. The van der Waals surface area contributed by atoms with E-state index in [0.717, 1.165) is 22.4 Å². The zero-order valence-electron chi connectivity index (χ0n) is 27.0. The van der Waals surface area contributed by atoms with Gasteiger partial charge in [0.2, 0.25) is 11.8 Å². The highest BCUT2D eigenvalue weighted by Gasteiger charge is 2.71. The number of aryl methyl sites for hydroxylation is 2. The number of likely N-dealkylation sites (tertiary alicyclic amines) is 1. The molecule has 2 aromatic rings. The highest BCUT2D eigenvalue weighted by Crippen LogP contribution is 2.53. The molecule has 2 fully saturated rings. The smallest absolute Gasteiger partial charge is 0.306 e. The fourth-order valence-corrected chi connectivity index (χ4v) is 7.68. The Morgan fingerprint density at radius 2 is 1.70 bits per heavy atom. The maximum Gasteiger partial charge on any atom is 0.306 e. The van der Waals surface area contributed by atoms with Gasteiger partial charge in [-0.05, 0) is 56.2 Å². The van der Waals surface area contributed by atoms with E-state index in [2.05, 4.69) is 5.32 Å². The van der Waals surface area contributed by atoms with Crippen LogP contribution in [0, 0.1) is 25.7 Å². The van der Waals surface area contributed by atoms with E-state index in [1.165, 1.54) is 0 Å². The average molecular weight is 642 g/mol. The van der Waals surface area contributed by atoms with Crippen LogP contribution >= 0.6 is 0 Å². The molecule has 10 heteroatoms. The van der Waals surface area contributed by atoms with Crippen LogP contribution in [0.2, 0.25) is 0 Å². The summed E-state index contributed by atoms with van der Waals surface area (Å²) in [5, 5.41) is 12.4. The van der Waals surface area contributed by atoms with Crippen LogP contribution in [0.15, 0.2) is 72.8 Å². The molecule has 4 aliphatic heterocycles. The first-order chi connectivity index (χ1) is 22.8. The number of benzene rings is 2. The fraction of sp³-hybridized carbons (Fsp3) is 0.459. The van der Waals surface area contributed by atoms with E-state index in [1.54, 1.807) is 22.0 Å². The van der Waals surface area contributed by atoms with Crippen LogP contribution < -0.4 is 10.2 Å². The van der Waals surface area contributed by atoms with E-state index in [9.17, 15) is 24.3 Å². The van der Waals surface area contributed by atoms with Gasteiger partial charge in [-0.2, -0.15) is 0 Å². The van der Waals surface area contributed by atoms with Crippen molar-refractivity contribution in [3.05, 3.63) is 89.5 Å². The van der Waals surface area contributed by atoms with Crippen molar-refractivity contribution in [3.8, 4) is 0 Å². The maximum absolute atomic E-state index is 14.8. The minimum absolute atomic E-state index is 0.0448. The van der Waals surface area contributed by atoms with Gasteiger partial charge in [-0.25, -0.2) is 0 Å². The Balaban J connectivity index is 1.42. The molecular weight excluding hydrogens is 598 g/mol. The third-order valence-corrected chi connectivity index (χ3v) is 9.83. The van der Waals surface area contributed by atoms with E-state index in [-0.39, 0.29) is 44.0 Å². The van der Waals surface area contributed by atoms with Gasteiger partial charge in [0.05, 0.1) is 24.0 Å². The number of nitrogens with one attached hydrogen (secondary N) is 1. The Labute approximate surface area is 275 Å². The van der Waals surface area contributed by atoms with Crippen molar-refractivity contribution in [2.75, 3.05) is 31.2 Å². The number of unbranched alkanes of at least 4 members (excludes halogenated alkanes) is 2. The summed E-state index contributed by atoms with van der Waals surface area (Å²) < 4.78 is 12.4. The Hall–Kier alpha value is -4.28. The number of nitrogens with zero attached hydrogens (tertiary/aromatic N) is 2. The molecule has 0 radical (unpaired) electrons. The number of aliphatic hydroxyl groups excluding tert-OH is 1. The zero-order valence-corrected chi connectivity index (χ0v) is 27.0. The molecule has 47 heavy (non-hydrogen) atoms. The van der Waals surface area contributed by atoms with Crippen molar-refractivity contribution in [1.82, 2.24) is 10.2 Å². The van der Waals surface area contributed by atoms with Crippen LogP contribution in [0.4, 0.5) is 5.69 Å². The topological polar surface area (TPSA) is 125 Å². The van der Waals surface area contributed by atoms with E-state index >= 15 is 0 Å². The van der Waals surface area contributed by atoms with Gasteiger partial charge in [0.25, 0.3) is 5.91 Å². The minimum atomic E-state index is -1.39.